The second kappa shape index (κ2) is 8.11. The molecule has 1 aliphatic carbocycles. The van der Waals surface area contributed by atoms with Gasteiger partial charge in [-0.2, -0.15) is 0 Å². The number of piperidine rings is 1. The average molecular weight is 369 g/mol. The molecule has 2 fully saturated rings. The number of carbonyl (C=O) groups excluding carboxylic acids is 1. The van der Waals surface area contributed by atoms with Crippen molar-refractivity contribution in [3.63, 3.8) is 0 Å². The predicted octanol–water partition coefficient (Wildman–Crippen LogP) is 4.15. The quantitative estimate of drug-likeness (QED) is 0.810. The molecule has 0 bridgehead atoms. The van der Waals surface area contributed by atoms with Gasteiger partial charge in [0.2, 0.25) is 11.8 Å². The van der Waals surface area contributed by atoms with E-state index in [4.69, 9.17) is 9.15 Å². The first kappa shape index (κ1) is 18.0. The number of methoxy groups -OCH3 is 1. The molecule has 2 aliphatic rings. The van der Waals surface area contributed by atoms with Crippen molar-refractivity contribution in [1.82, 2.24) is 15.1 Å². The molecule has 144 valence electrons. The Morgan fingerprint density at radius 2 is 1.74 bits per heavy atom. The molecular formula is C21H27N3O3. The van der Waals surface area contributed by atoms with Crippen molar-refractivity contribution in [3.05, 3.63) is 41.6 Å². The van der Waals surface area contributed by atoms with Crippen molar-refractivity contribution < 1.29 is 13.9 Å². The fraction of sp³-hybridized carbons (Fsp3) is 0.571. The van der Waals surface area contributed by atoms with Crippen LogP contribution in [0.15, 0.2) is 28.7 Å². The molecule has 2 heterocycles. The van der Waals surface area contributed by atoms with E-state index < -0.39 is 0 Å². The minimum Gasteiger partial charge on any atom is -0.496 e. The van der Waals surface area contributed by atoms with Gasteiger partial charge in [-0.15, -0.1) is 10.2 Å². The second-order valence-electron chi connectivity index (χ2n) is 7.60. The monoisotopic (exact) mass is 369 g/mol. The molecule has 6 heteroatoms. The number of aromatic nitrogens is 2. The molecule has 0 N–H and O–H groups in total. The third kappa shape index (κ3) is 3.84. The molecule has 0 spiro atoms. The van der Waals surface area contributed by atoms with Crippen LogP contribution in [-0.2, 0) is 0 Å². The Bertz CT molecular complexity index is 782. The minimum absolute atomic E-state index is 0.00386. The van der Waals surface area contributed by atoms with Gasteiger partial charge in [0, 0.05) is 19.0 Å². The van der Waals surface area contributed by atoms with Gasteiger partial charge in [-0.3, -0.25) is 4.79 Å². The minimum atomic E-state index is 0.00386. The maximum absolute atomic E-state index is 13.0. The summed E-state index contributed by atoms with van der Waals surface area (Å²) < 4.78 is 11.4. The lowest BCUT2D eigenvalue weighted by Crippen LogP contribution is -2.39. The number of para-hydroxylation sites is 1. The highest BCUT2D eigenvalue weighted by atomic mass is 16.5. The van der Waals surface area contributed by atoms with Gasteiger partial charge in [-0.25, -0.2) is 0 Å². The Balaban J connectivity index is 1.46. The summed E-state index contributed by atoms with van der Waals surface area (Å²) in [5.74, 6) is 2.62. The first-order valence-electron chi connectivity index (χ1n) is 10.0. The van der Waals surface area contributed by atoms with E-state index >= 15 is 0 Å². The first-order chi connectivity index (χ1) is 13.3. The number of amides is 1. The van der Waals surface area contributed by atoms with E-state index in [9.17, 15) is 4.79 Å². The highest BCUT2D eigenvalue weighted by Gasteiger charge is 2.31. The van der Waals surface area contributed by atoms with E-state index in [0.29, 0.717) is 29.7 Å². The molecule has 1 saturated carbocycles. The van der Waals surface area contributed by atoms with Crippen LogP contribution in [0.4, 0.5) is 0 Å². The highest BCUT2D eigenvalue weighted by Crippen LogP contribution is 2.34. The largest absolute Gasteiger partial charge is 0.496 e. The molecule has 27 heavy (non-hydrogen) atoms. The average Bonchev–Trinajstić information content (AvgIpc) is 3.24. The number of nitrogens with zero attached hydrogens (tertiary/aromatic N) is 3. The first-order valence-corrected chi connectivity index (χ1v) is 10.0. The zero-order valence-electron chi connectivity index (χ0n) is 15.9. The number of likely N-dealkylation sites (tertiary alicyclic amines) is 1. The topological polar surface area (TPSA) is 68.5 Å². The maximum atomic E-state index is 13.0. The fourth-order valence-corrected chi connectivity index (χ4v) is 4.28. The Hall–Kier alpha value is -2.37. The summed E-state index contributed by atoms with van der Waals surface area (Å²) in [6.07, 6.45) is 7.99. The van der Waals surface area contributed by atoms with E-state index in [1.54, 1.807) is 7.11 Å². The van der Waals surface area contributed by atoms with Crippen LogP contribution >= 0.6 is 0 Å². The summed E-state index contributed by atoms with van der Waals surface area (Å²) in [6, 6.07) is 7.38. The summed E-state index contributed by atoms with van der Waals surface area (Å²) in [5, 5.41) is 8.67. The number of hydrogen-bond donors (Lipinski definition) is 0. The normalized spacial score (nSPS) is 21.2. The Morgan fingerprint density at radius 3 is 2.52 bits per heavy atom. The van der Waals surface area contributed by atoms with Crippen LogP contribution in [0.1, 0.15) is 78.9 Å². The lowest BCUT2D eigenvalue weighted by molar-refractivity contribution is 0.0694. The number of benzene rings is 1. The zero-order chi connectivity index (χ0) is 18.6. The van der Waals surface area contributed by atoms with Crippen molar-refractivity contribution >= 4 is 5.91 Å². The van der Waals surface area contributed by atoms with E-state index in [1.165, 1.54) is 19.3 Å². The summed E-state index contributed by atoms with van der Waals surface area (Å²) in [5.41, 5.74) is 0.606. The molecule has 0 radical (unpaired) electrons. The lowest BCUT2D eigenvalue weighted by Gasteiger charge is -2.31. The molecule has 1 saturated heterocycles. The zero-order valence-corrected chi connectivity index (χ0v) is 15.9. The Labute approximate surface area is 159 Å². The maximum Gasteiger partial charge on any atom is 0.257 e. The lowest BCUT2D eigenvalue weighted by atomic mass is 9.89. The summed E-state index contributed by atoms with van der Waals surface area (Å²) in [6.45, 7) is 1.36. The molecule has 1 aromatic heterocycles. The van der Waals surface area contributed by atoms with Gasteiger partial charge in [0.05, 0.1) is 18.6 Å². The molecule has 1 aromatic carbocycles. The molecule has 1 unspecified atom stereocenters. The Kier molecular flexibility index (Phi) is 5.41. The third-order valence-corrected chi connectivity index (χ3v) is 5.81. The van der Waals surface area contributed by atoms with Gasteiger partial charge < -0.3 is 14.1 Å². The van der Waals surface area contributed by atoms with Gasteiger partial charge in [-0.1, -0.05) is 31.4 Å². The van der Waals surface area contributed by atoms with Crippen LogP contribution in [0.5, 0.6) is 5.75 Å². The molecule has 1 atom stereocenters. The van der Waals surface area contributed by atoms with Gasteiger partial charge >= 0.3 is 0 Å². The van der Waals surface area contributed by atoms with E-state index in [1.807, 2.05) is 29.2 Å². The summed E-state index contributed by atoms with van der Waals surface area (Å²) in [7, 11) is 1.59. The van der Waals surface area contributed by atoms with Crippen LogP contribution in [0, 0.1) is 0 Å². The third-order valence-electron chi connectivity index (χ3n) is 5.81. The van der Waals surface area contributed by atoms with Crippen LogP contribution in [0.2, 0.25) is 0 Å². The van der Waals surface area contributed by atoms with Crippen LogP contribution in [0.25, 0.3) is 0 Å². The molecule has 1 amide bonds. The molecule has 6 nitrogen and oxygen atoms in total. The van der Waals surface area contributed by atoms with Crippen LogP contribution < -0.4 is 4.74 Å². The number of rotatable bonds is 4. The number of hydrogen-bond acceptors (Lipinski definition) is 5. The van der Waals surface area contributed by atoms with Crippen LogP contribution in [0.3, 0.4) is 0 Å². The fourth-order valence-electron chi connectivity index (χ4n) is 4.28. The van der Waals surface area contributed by atoms with Crippen molar-refractivity contribution in [1.29, 1.82) is 0 Å². The van der Waals surface area contributed by atoms with Gasteiger partial charge in [-0.05, 0) is 37.8 Å². The van der Waals surface area contributed by atoms with Crippen LogP contribution in [-0.4, -0.2) is 41.2 Å². The number of carbonyl (C=O) groups is 1. The highest BCUT2D eigenvalue weighted by molar-refractivity contribution is 5.97. The van der Waals surface area contributed by atoms with Crippen molar-refractivity contribution in [2.75, 3.05) is 20.2 Å². The molecular weight excluding hydrogens is 342 g/mol. The van der Waals surface area contributed by atoms with E-state index in [2.05, 4.69) is 10.2 Å². The number of ether oxygens (including phenoxy) is 1. The second-order valence-corrected chi connectivity index (χ2v) is 7.60. The molecule has 1 aliphatic heterocycles. The Morgan fingerprint density at radius 1 is 1.04 bits per heavy atom. The van der Waals surface area contributed by atoms with E-state index in [-0.39, 0.29) is 11.8 Å². The van der Waals surface area contributed by atoms with Crippen molar-refractivity contribution in [3.8, 4) is 5.75 Å². The van der Waals surface area contributed by atoms with Crippen molar-refractivity contribution in [2.45, 2.75) is 56.8 Å². The van der Waals surface area contributed by atoms with Gasteiger partial charge in [0.15, 0.2) is 0 Å². The summed E-state index contributed by atoms with van der Waals surface area (Å²) in [4.78, 5) is 14.9. The SMILES string of the molecule is COc1ccccc1C(=O)N1CCCC(c2nnc(C3CCCCC3)o2)C1. The van der Waals surface area contributed by atoms with Gasteiger partial charge in [0.25, 0.3) is 5.91 Å². The molecule has 2 aromatic rings. The predicted molar refractivity (Wildman–Crippen MR) is 101 cm³/mol. The smallest absolute Gasteiger partial charge is 0.257 e. The summed E-state index contributed by atoms with van der Waals surface area (Å²) >= 11 is 0. The van der Waals surface area contributed by atoms with E-state index in [0.717, 1.165) is 38.1 Å². The molecule has 4 rings (SSSR count). The van der Waals surface area contributed by atoms with Crippen molar-refractivity contribution in [2.24, 2.45) is 0 Å². The van der Waals surface area contributed by atoms with Gasteiger partial charge in [0.1, 0.15) is 5.75 Å². The standard InChI is InChI=1S/C21H27N3O3/c1-26-18-12-6-5-11-17(18)21(25)24-13-7-10-16(14-24)20-23-22-19(27-20)15-8-3-2-4-9-15/h5-6,11-12,15-16H,2-4,7-10,13-14H2,1H3.